The van der Waals surface area contributed by atoms with Gasteiger partial charge in [0.1, 0.15) is 11.9 Å². The van der Waals surface area contributed by atoms with Crippen molar-refractivity contribution in [2.24, 2.45) is 5.92 Å². The minimum Gasteiger partial charge on any atom is -0.344 e. The molecule has 1 unspecified atom stereocenters. The first-order chi connectivity index (χ1) is 9.47. The molecule has 1 aliphatic rings. The molecule has 0 radical (unpaired) electrons. The Kier molecular flexibility index (Phi) is 4.32. The monoisotopic (exact) mass is 276 g/mol. The highest BCUT2D eigenvalue weighted by Crippen LogP contribution is 2.13. The molecule has 6 nitrogen and oxygen atoms in total. The van der Waals surface area contributed by atoms with Gasteiger partial charge in [-0.15, -0.1) is 0 Å². The first-order valence-corrected chi connectivity index (χ1v) is 6.84. The van der Waals surface area contributed by atoms with Crippen molar-refractivity contribution in [2.45, 2.75) is 39.8 Å². The van der Waals surface area contributed by atoms with E-state index in [0.717, 1.165) is 5.69 Å². The molecule has 0 saturated carbocycles. The molecule has 0 spiro atoms. The van der Waals surface area contributed by atoms with Gasteiger partial charge in [0.05, 0.1) is 12.2 Å². The molecule has 1 fully saturated rings. The molecule has 2 rings (SSSR count). The summed E-state index contributed by atoms with van der Waals surface area (Å²) in [6.07, 6.45) is 2.02. The molecular weight excluding hydrogens is 256 g/mol. The largest absolute Gasteiger partial charge is 0.344 e. The number of carbonyl (C=O) groups is 2. The molecule has 20 heavy (non-hydrogen) atoms. The second-order valence-electron chi connectivity index (χ2n) is 5.39. The summed E-state index contributed by atoms with van der Waals surface area (Å²) in [6.45, 7) is 6.52. The van der Waals surface area contributed by atoms with Crippen molar-refractivity contribution in [1.82, 2.24) is 20.2 Å². The molecule has 2 amide bonds. The number of amides is 2. The second kappa shape index (κ2) is 5.98. The van der Waals surface area contributed by atoms with Crippen molar-refractivity contribution in [3.8, 4) is 0 Å². The average molecular weight is 276 g/mol. The third-order valence-corrected chi connectivity index (χ3v) is 3.36. The molecule has 0 bridgehead atoms. The summed E-state index contributed by atoms with van der Waals surface area (Å²) < 4.78 is 0. The van der Waals surface area contributed by atoms with Crippen LogP contribution in [0.25, 0.3) is 0 Å². The molecule has 1 aromatic rings. The van der Waals surface area contributed by atoms with Gasteiger partial charge < -0.3 is 10.2 Å². The molecule has 1 N–H and O–H groups in total. The lowest BCUT2D eigenvalue weighted by molar-refractivity contribution is -0.135. The summed E-state index contributed by atoms with van der Waals surface area (Å²) in [7, 11) is 0. The maximum atomic E-state index is 12.5. The van der Waals surface area contributed by atoms with E-state index >= 15 is 0 Å². The van der Waals surface area contributed by atoms with Crippen LogP contribution in [-0.4, -0.2) is 39.3 Å². The SMILES string of the molecule is Cc1nccc(CN2CCC(=O)NC(C(C)C)C2=O)n1. The lowest BCUT2D eigenvalue weighted by atomic mass is 10.0. The summed E-state index contributed by atoms with van der Waals surface area (Å²) in [6, 6.07) is 1.35. The molecular formula is C14H20N4O2. The van der Waals surface area contributed by atoms with Gasteiger partial charge in [-0.2, -0.15) is 0 Å². The van der Waals surface area contributed by atoms with Crippen molar-refractivity contribution in [2.75, 3.05) is 6.54 Å². The van der Waals surface area contributed by atoms with E-state index in [9.17, 15) is 9.59 Å². The lowest BCUT2D eigenvalue weighted by Gasteiger charge is -2.25. The standard InChI is InChI=1S/C14H20N4O2/c1-9(2)13-14(20)18(7-5-12(19)17-13)8-11-4-6-15-10(3)16-11/h4,6,9,13H,5,7-8H2,1-3H3,(H,17,19). The Bertz CT molecular complexity index is 516. The highest BCUT2D eigenvalue weighted by atomic mass is 16.2. The smallest absolute Gasteiger partial charge is 0.245 e. The predicted molar refractivity (Wildman–Crippen MR) is 73.6 cm³/mol. The number of aromatic nitrogens is 2. The van der Waals surface area contributed by atoms with Crippen LogP contribution < -0.4 is 5.32 Å². The van der Waals surface area contributed by atoms with Crippen molar-refractivity contribution >= 4 is 11.8 Å². The fraction of sp³-hybridized carbons (Fsp3) is 0.571. The first-order valence-electron chi connectivity index (χ1n) is 6.84. The second-order valence-corrected chi connectivity index (χ2v) is 5.39. The Morgan fingerprint density at radius 1 is 1.45 bits per heavy atom. The summed E-state index contributed by atoms with van der Waals surface area (Å²) in [4.78, 5) is 34.2. The Morgan fingerprint density at radius 3 is 2.85 bits per heavy atom. The van der Waals surface area contributed by atoms with E-state index in [0.29, 0.717) is 25.3 Å². The van der Waals surface area contributed by atoms with Gasteiger partial charge in [-0.05, 0) is 18.9 Å². The maximum absolute atomic E-state index is 12.5. The highest BCUT2D eigenvalue weighted by molar-refractivity contribution is 5.90. The normalized spacial score (nSPS) is 20.0. The van der Waals surface area contributed by atoms with Crippen LogP contribution in [0.2, 0.25) is 0 Å². The van der Waals surface area contributed by atoms with Gasteiger partial charge in [0.2, 0.25) is 11.8 Å². The Hall–Kier alpha value is -1.98. The summed E-state index contributed by atoms with van der Waals surface area (Å²) in [5.74, 6) is 0.638. The van der Waals surface area contributed by atoms with Crippen molar-refractivity contribution < 1.29 is 9.59 Å². The number of nitrogens with zero attached hydrogens (tertiary/aromatic N) is 3. The van der Waals surface area contributed by atoms with Crippen LogP contribution in [-0.2, 0) is 16.1 Å². The Morgan fingerprint density at radius 2 is 2.20 bits per heavy atom. The zero-order valence-electron chi connectivity index (χ0n) is 12.1. The van der Waals surface area contributed by atoms with E-state index in [1.165, 1.54) is 0 Å². The number of carbonyl (C=O) groups excluding carboxylic acids is 2. The third kappa shape index (κ3) is 3.31. The maximum Gasteiger partial charge on any atom is 0.245 e. The zero-order valence-corrected chi connectivity index (χ0v) is 12.1. The van der Waals surface area contributed by atoms with E-state index in [2.05, 4.69) is 15.3 Å². The van der Waals surface area contributed by atoms with Gasteiger partial charge in [-0.1, -0.05) is 13.8 Å². The minimum atomic E-state index is -0.451. The molecule has 1 saturated heterocycles. The van der Waals surface area contributed by atoms with Crippen LogP contribution in [0.5, 0.6) is 0 Å². The molecule has 108 valence electrons. The molecule has 6 heteroatoms. The van der Waals surface area contributed by atoms with Gasteiger partial charge in [-0.25, -0.2) is 9.97 Å². The molecule has 0 aliphatic carbocycles. The first kappa shape index (κ1) is 14.4. The average Bonchev–Trinajstić information content (AvgIpc) is 2.52. The number of rotatable bonds is 3. The van der Waals surface area contributed by atoms with Crippen LogP contribution in [0.3, 0.4) is 0 Å². The van der Waals surface area contributed by atoms with Crippen LogP contribution >= 0.6 is 0 Å². The number of hydrogen-bond donors (Lipinski definition) is 1. The summed E-state index contributed by atoms with van der Waals surface area (Å²) in [5, 5.41) is 2.79. The predicted octanol–water partition coefficient (Wildman–Crippen LogP) is 0.658. The van der Waals surface area contributed by atoms with Crippen LogP contribution in [0.1, 0.15) is 31.8 Å². The fourth-order valence-corrected chi connectivity index (χ4v) is 2.25. The van der Waals surface area contributed by atoms with E-state index in [1.54, 1.807) is 17.2 Å². The zero-order chi connectivity index (χ0) is 14.7. The van der Waals surface area contributed by atoms with Crippen molar-refractivity contribution in [3.05, 3.63) is 23.8 Å². The Balaban J connectivity index is 2.17. The van der Waals surface area contributed by atoms with Crippen molar-refractivity contribution in [1.29, 1.82) is 0 Å². The number of hydrogen-bond acceptors (Lipinski definition) is 4. The fourth-order valence-electron chi connectivity index (χ4n) is 2.25. The van der Waals surface area contributed by atoms with Gasteiger partial charge >= 0.3 is 0 Å². The van der Waals surface area contributed by atoms with E-state index in [1.807, 2.05) is 20.8 Å². The molecule has 1 aliphatic heterocycles. The van der Waals surface area contributed by atoms with Crippen molar-refractivity contribution in [3.63, 3.8) is 0 Å². The minimum absolute atomic E-state index is 0.0397. The van der Waals surface area contributed by atoms with Gasteiger partial charge in [0.25, 0.3) is 0 Å². The van der Waals surface area contributed by atoms with Crippen LogP contribution in [0, 0.1) is 12.8 Å². The molecule has 0 aromatic carbocycles. The summed E-state index contributed by atoms with van der Waals surface area (Å²) in [5.41, 5.74) is 0.794. The lowest BCUT2D eigenvalue weighted by Crippen LogP contribution is -2.47. The quantitative estimate of drug-likeness (QED) is 0.880. The molecule has 2 heterocycles. The topological polar surface area (TPSA) is 75.2 Å². The van der Waals surface area contributed by atoms with Crippen LogP contribution in [0.4, 0.5) is 0 Å². The highest BCUT2D eigenvalue weighted by Gasteiger charge is 2.31. The third-order valence-electron chi connectivity index (χ3n) is 3.36. The Labute approximate surface area is 118 Å². The van der Waals surface area contributed by atoms with E-state index in [4.69, 9.17) is 0 Å². The molecule has 1 aromatic heterocycles. The number of nitrogens with one attached hydrogen (secondary N) is 1. The van der Waals surface area contributed by atoms with E-state index < -0.39 is 6.04 Å². The van der Waals surface area contributed by atoms with E-state index in [-0.39, 0.29) is 17.7 Å². The van der Waals surface area contributed by atoms with Gasteiger partial charge in [0.15, 0.2) is 0 Å². The van der Waals surface area contributed by atoms with Gasteiger partial charge in [-0.3, -0.25) is 9.59 Å². The molecule has 1 atom stereocenters. The van der Waals surface area contributed by atoms with Crippen LogP contribution in [0.15, 0.2) is 12.3 Å². The number of aryl methyl sites for hydroxylation is 1. The van der Waals surface area contributed by atoms with Gasteiger partial charge in [0, 0.05) is 19.2 Å². The summed E-state index contributed by atoms with van der Waals surface area (Å²) >= 11 is 0.